The molecule has 0 aliphatic carbocycles. The molecule has 6 heteroatoms. The number of hydrogen-bond acceptors (Lipinski definition) is 3. The molecule has 0 saturated carbocycles. The summed E-state index contributed by atoms with van der Waals surface area (Å²) in [5.74, 6) is 0.138. The van der Waals surface area contributed by atoms with Crippen LogP contribution in [0.2, 0.25) is 5.02 Å². The minimum absolute atomic E-state index is 0.138. The number of amides is 1. The second kappa shape index (κ2) is 7.48. The lowest BCUT2D eigenvalue weighted by Gasteiger charge is -2.34. The standard InChI is InChI=1S/C20H21ClN4O/c21-17-6-7-19-22-18(15-25(19)14-17)12-20(26)24-10-8-23(9-11-24)13-16-4-2-1-3-5-16/h1-7,14-15H,8-13H2. The van der Waals surface area contributed by atoms with Gasteiger partial charge in [-0.3, -0.25) is 9.69 Å². The van der Waals surface area contributed by atoms with E-state index in [0.29, 0.717) is 11.4 Å². The average molecular weight is 369 g/mol. The van der Waals surface area contributed by atoms with Crippen molar-refractivity contribution in [2.45, 2.75) is 13.0 Å². The van der Waals surface area contributed by atoms with Gasteiger partial charge in [0.05, 0.1) is 17.1 Å². The van der Waals surface area contributed by atoms with Crippen LogP contribution in [0.4, 0.5) is 0 Å². The normalized spacial score (nSPS) is 15.5. The van der Waals surface area contributed by atoms with Crippen LogP contribution in [0, 0.1) is 0 Å². The highest BCUT2D eigenvalue weighted by Gasteiger charge is 2.22. The molecule has 1 aromatic carbocycles. The number of halogens is 1. The van der Waals surface area contributed by atoms with E-state index >= 15 is 0 Å². The molecule has 3 heterocycles. The van der Waals surface area contributed by atoms with Crippen LogP contribution in [-0.2, 0) is 17.8 Å². The van der Waals surface area contributed by atoms with Gasteiger partial charge in [0.2, 0.25) is 5.91 Å². The number of nitrogens with zero attached hydrogens (tertiary/aromatic N) is 4. The van der Waals surface area contributed by atoms with E-state index in [1.807, 2.05) is 27.6 Å². The Morgan fingerprint density at radius 3 is 2.54 bits per heavy atom. The van der Waals surface area contributed by atoms with Crippen molar-refractivity contribution in [1.82, 2.24) is 19.2 Å². The number of carbonyl (C=O) groups excluding carboxylic acids is 1. The van der Waals surface area contributed by atoms with E-state index in [9.17, 15) is 4.79 Å². The number of pyridine rings is 1. The SMILES string of the molecule is O=C(Cc1cn2cc(Cl)ccc2n1)N1CCN(Cc2ccccc2)CC1. The second-order valence-corrected chi connectivity index (χ2v) is 7.10. The molecule has 0 radical (unpaired) electrons. The molecule has 1 aliphatic rings. The number of imidazole rings is 1. The van der Waals surface area contributed by atoms with Gasteiger partial charge in [-0.1, -0.05) is 41.9 Å². The summed E-state index contributed by atoms with van der Waals surface area (Å²) in [6, 6.07) is 14.1. The lowest BCUT2D eigenvalue weighted by molar-refractivity contribution is -0.132. The highest BCUT2D eigenvalue weighted by Crippen LogP contribution is 2.14. The van der Waals surface area contributed by atoms with Crippen LogP contribution >= 0.6 is 11.6 Å². The first-order valence-electron chi connectivity index (χ1n) is 8.84. The monoisotopic (exact) mass is 368 g/mol. The van der Waals surface area contributed by atoms with Crippen LogP contribution < -0.4 is 0 Å². The third kappa shape index (κ3) is 3.89. The summed E-state index contributed by atoms with van der Waals surface area (Å²) < 4.78 is 1.86. The highest BCUT2D eigenvalue weighted by molar-refractivity contribution is 6.30. The van der Waals surface area contributed by atoms with E-state index in [-0.39, 0.29) is 5.91 Å². The Kier molecular flexibility index (Phi) is 4.91. The van der Waals surface area contributed by atoms with Gasteiger partial charge >= 0.3 is 0 Å². The number of piperazine rings is 1. The van der Waals surface area contributed by atoms with Crippen molar-refractivity contribution in [2.24, 2.45) is 0 Å². The Labute approximate surface area is 157 Å². The zero-order valence-corrected chi connectivity index (χ0v) is 15.3. The number of fused-ring (bicyclic) bond motifs is 1. The zero-order chi connectivity index (χ0) is 17.9. The van der Waals surface area contributed by atoms with Gasteiger partial charge in [0, 0.05) is 45.1 Å². The minimum atomic E-state index is 0.138. The molecular weight excluding hydrogens is 348 g/mol. The van der Waals surface area contributed by atoms with Crippen LogP contribution in [0.5, 0.6) is 0 Å². The zero-order valence-electron chi connectivity index (χ0n) is 14.5. The predicted molar refractivity (Wildman–Crippen MR) is 102 cm³/mol. The second-order valence-electron chi connectivity index (χ2n) is 6.66. The fourth-order valence-electron chi connectivity index (χ4n) is 3.37. The lowest BCUT2D eigenvalue weighted by Crippen LogP contribution is -2.48. The maximum Gasteiger partial charge on any atom is 0.228 e. The van der Waals surface area contributed by atoms with Crippen molar-refractivity contribution in [3.8, 4) is 0 Å². The van der Waals surface area contributed by atoms with Crippen LogP contribution in [0.15, 0.2) is 54.9 Å². The fourth-order valence-corrected chi connectivity index (χ4v) is 3.53. The van der Waals surface area contributed by atoms with Crippen molar-refractivity contribution in [1.29, 1.82) is 0 Å². The number of rotatable bonds is 4. The van der Waals surface area contributed by atoms with Crippen LogP contribution in [0.3, 0.4) is 0 Å². The molecule has 0 unspecified atom stereocenters. The molecule has 2 aromatic heterocycles. The third-order valence-electron chi connectivity index (χ3n) is 4.77. The molecule has 1 fully saturated rings. The molecule has 1 saturated heterocycles. The Morgan fingerprint density at radius 2 is 1.77 bits per heavy atom. The quantitative estimate of drug-likeness (QED) is 0.711. The number of carbonyl (C=O) groups is 1. The minimum Gasteiger partial charge on any atom is -0.340 e. The summed E-state index contributed by atoms with van der Waals surface area (Å²) in [6.45, 7) is 4.29. The summed E-state index contributed by atoms with van der Waals surface area (Å²) in [5, 5.41) is 0.655. The summed E-state index contributed by atoms with van der Waals surface area (Å²) in [6.07, 6.45) is 4.02. The van der Waals surface area contributed by atoms with E-state index in [2.05, 4.69) is 34.1 Å². The molecule has 3 aromatic rings. The maximum atomic E-state index is 12.6. The van der Waals surface area contributed by atoms with Gasteiger partial charge < -0.3 is 9.30 Å². The molecule has 0 spiro atoms. The maximum absolute atomic E-state index is 12.6. The first-order chi connectivity index (χ1) is 12.7. The summed E-state index contributed by atoms with van der Waals surface area (Å²) >= 11 is 6.00. The van der Waals surface area contributed by atoms with Crippen molar-refractivity contribution in [3.05, 3.63) is 71.1 Å². The number of hydrogen-bond donors (Lipinski definition) is 0. The van der Waals surface area contributed by atoms with E-state index in [0.717, 1.165) is 44.1 Å². The number of aromatic nitrogens is 2. The summed E-state index contributed by atoms with van der Waals surface area (Å²) in [5.41, 5.74) is 2.91. The molecule has 134 valence electrons. The van der Waals surface area contributed by atoms with Crippen molar-refractivity contribution in [3.63, 3.8) is 0 Å². The van der Waals surface area contributed by atoms with E-state index in [1.165, 1.54) is 5.56 Å². The Balaban J connectivity index is 1.33. The van der Waals surface area contributed by atoms with Crippen molar-refractivity contribution >= 4 is 23.2 Å². The fraction of sp³-hybridized carbons (Fsp3) is 0.300. The van der Waals surface area contributed by atoms with Gasteiger partial charge in [0.25, 0.3) is 0 Å². The molecule has 1 aliphatic heterocycles. The molecule has 0 N–H and O–H groups in total. The molecule has 0 bridgehead atoms. The smallest absolute Gasteiger partial charge is 0.228 e. The summed E-state index contributed by atoms with van der Waals surface area (Å²) in [4.78, 5) is 21.5. The van der Waals surface area contributed by atoms with Crippen LogP contribution in [-0.4, -0.2) is 51.3 Å². The van der Waals surface area contributed by atoms with E-state index in [4.69, 9.17) is 11.6 Å². The van der Waals surface area contributed by atoms with Gasteiger partial charge in [-0.25, -0.2) is 4.98 Å². The van der Waals surface area contributed by atoms with Gasteiger partial charge in [0.1, 0.15) is 5.65 Å². The number of benzene rings is 1. The third-order valence-corrected chi connectivity index (χ3v) is 4.99. The first-order valence-corrected chi connectivity index (χ1v) is 9.22. The van der Waals surface area contributed by atoms with E-state index in [1.54, 1.807) is 12.3 Å². The topological polar surface area (TPSA) is 40.9 Å². The summed E-state index contributed by atoms with van der Waals surface area (Å²) in [7, 11) is 0. The molecule has 26 heavy (non-hydrogen) atoms. The van der Waals surface area contributed by atoms with E-state index < -0.39 is 0 Å². The van der Waals surface area contributed by atoms with Gasteiger partial charge in [-0.2, -0.15) is 0 Å². The predicted octanol–water partition coefficient (Wildman–Crippen LogP) is 2.87. The van der Waals surface area contributed by atoms with Gasteiger partial charge in [-0.05, 0) is 17.7 Å². The van der Waals surface area contributed by atoms with Crippen molar-refractivity contribution < 1.29 is 4.79 Å². The molecule has 5 nitrogen and oxygen atoms in total. The van der Waals surface area contributed by atoms with Gasteiger partial charge in [0.15, 0.2) is 0 Å². The molecule has 4 rings (SSSR count). The molecular formula is C20H21ClN4O. The van der Waals surface area contributed by atoms with Crippen molar-refractivity contribution in [2.75, 3.05) is 26.2 Å². The highest BCUT2D eigenvalue weighted by atomic mass is 35.5. The average Bonchev–Trinajstić information content (AvgIpc) is 3.04. The first kappa shape index (κ1) is 17.1. The Morgan fingerprint density at radius 1 is 1.00 bits per heavy atom. The van der Waals surface area contributed by atoms with Crippen LogP contribution in [0.25, 0.3) is 5.65 Å². The molecule has 1 amide bonds. The van der Waals surface area contributed by atoms with Crippen LogP contribution in [0.1, 0.15) is 11.3 Å². The Bertz CT molecular complexity index is 901. The Hall–Kier alpha value is -2.37. The van der Waals surface area contributed by atoms with Gasteiger partial charge in [-0.15, -0.1) is 0 Å². The lowest BCUT2D eigenvalue weighted by atomic mass is 10.2. The largest absolute Gasteiger partial charge is 0.340 e. The molecule has 0 atom stereocenters.